The van der Waals surface area contributed by atoms with E-state index in [0.717, 1.165) is 11.3 Å². The van der Waals surface area contributed by atoms with E-state index in [4.69, 9.17) is 11.6 Å². The lowest BCUT2D eigenvalue weighted by atomic mass is 10.1. The lowest BCUT2D eigenvalue weighted by Gasteiger charge is -2.08. The molecule has 0 aliphatic rings. The van der Waals surface area contributed by atoms with Crippen LogP contribution in [0.3, 0.4) is 0 Å². The van der Waals surface area contributed by atoms with Crippen LogP contribution in [-0.2, 0) is 0 Å². The van der Waals surface area contributed by atoms with E-state index in [2.05, 4.69) is 20.3 Å². The molecule has 0 aliphatic carbocycles. The van der Waals surface area contributed by atoms with Gasteiger partial charge in [-0.1, -0.05) is 48.0 Å². The molecular weight excluding hydrogens is 360 g/mol. The number of imidazole rings is 1. The van der Waals surface area contributed by atoms with Crippen molar-refractivity contribution in [1.82, 2.24) is 15.0 Å². The first-order valence-electron chi connectivity index (χ1n) is 8.33. The van der Waals surface area contributed by atoms with E-state index in [-0.39, 0.29) is 5.91 Å². The molecule has 1 amide bonds. The lowest BCUT2D eigenvalue weighted by molar-refractivity contribution is 0.102. The van der Waals surface area contributed by atoms with Gasteiger partial charge in [0.05, 0.1) is 16.9 Å². The van der Waals surface area contributed by atoms with Gasteiger partial charge in [0.25, 0.3) is 5.91 Å². The van der Waals surface area contributed by atoms with E-state index in [1.807, 2.05) is 30.3 Å². The quantitative estimate of drug-likeness (QED) is 0.525. The fourth-order valence-electron chi connectivity index (χ4n) is 2.70. The zero-order valence-corrected chi connectivity index (χ0v) is 14.9. The zero-order chi connectivity index (χ0) is 18.6. The number of carbonyl (C=O) groups is 1. The summed E-state index contributed by atoms with van der Waals surface area (Å²) in [4.78, 5) is 24.1. The topological polar surface area (TPSA) is 70.7 Å². The summed E-state index contributed by atoms with van der Waals surface area (Å²) in [6.07, 6.45) is 3.34. The maximum atomic E-state index is 12.3. The molecule has 0 unspecified atom stereocenters. The van der Waals surface area contributed by atoms with Crippen LogP contribution in [0.1, 0.15) is 10.5 Å². The van der Waals surface area contributed by atoms with Crippen molar-refractivity contribution >= 4 is 23.2 Å². The van der Waals surface area contributed by atoms with Gasteiger partial charge in [0.1, 0.15) is 11.5 Å². The number of hydrogen-bond acceptors (Lipinski definition) is 3. The minimum Gasteiger partial charge on any atom is -0.338 e. The van der Waals surface area contributed by atoms with Crippen LogP contribution >= 0.6 is 11.6 Å². The van der Waals surface area contributed by atoms with E-state index >= 15 is 0 Å². The fourth-order valence-corrected chi connectivity index (χ4v) is 2.91. The predicted molar refractivity (Wildman–Crippen MR) is 107 cm³/mol. The van der Waals surface area contributed by atoms with Crippen molar-refractivity contribution in [2.45, 2.75) is 0 Å². The van der Waals surface area contributed by atoms with Crippen molar-refractivity contribution < 1.29 is 4.79 Å². The molecule has 0 radical (unpaired) electrons. The summed E-state index contributed by atoms with van der Waals surface area (Å²) >= 11 is 6.35. The summed E-state index contributed by atoms with van der Waals surface area (Å²) in [5.41, 5.74) is 3.59. The smallest absolute Gasteiger partial charge is 0.274 e. The summed E-state index contributed by atoms with van der Waals surface area (Å²) in [6.45, 7) is 0. The Bertz CT molecular complexity index is 1080. The van der Waals surface area contributed by atoms with E-state index in [9.17, 15) is 4.79 Å². The van der Waals surface area contributed by atoms with Crippen molar-refractivity contribution in [2.75, 3.05) is 5.32 Å². The molecule has 132 valence electrons. The molecule has 0 bridgehead atoms. The Kier molecular flexibility index (Phi) is 4.68. The lowest BCUT2D eigenvalue weighted by Crippen LogP contribution is -2.13. The second-order valence-corrected chi connectivity index (χ2v) is 6.28. The molecule has 0 saturated carbocycles. The molecule has 2 heterocycles. The Labute approximate surface area is 161 Å². The third-order valence-corrected chi connectivity index (χ3v) is 4.37. The second kappa shape index (κ2) is 7.43. The predicted octanol–water partition coefficient (Wildman–Crippen LogP) is 5.04. The van der Waals surface area contributed by atoms with E-state index in [1.165, 1.54) is 0 Å². The number of benzene rings is 2. The number of halogens is 1. The number of rotatable bonds is 4. The SMILES string of the molecule is O=C(Nc1ccc(Cl)c(-c2ncc(-c3ccccc3)[nH]2)c1)c1ccccn1. The van der Waals surface area contributed by atoms with Crippen molar-refractivity contribution in [1.29, 1.82) is 0 Å². The van der Waals surface area contributed by atoms with Gasteiger partial charge < -0.3 is 10.3 Å². The molecule has 2 aromatic carbocycles. The van der Waals surface area contributed by atoms with Crippen LogP contribution in [0.5, 0.6) is 0 Å². The van der Waals surface area contributed by atoms with Crippen LogP contribution < -0.4 is 5.32 Å². The van der Waals surface area contributed by atoms with Crippen LogP contribution in [0.2, 0.25) is 5.02 Å². The van der Waals surface area contributed by atoms with Gasteiger partial charge in [-0.15, -0.1) is 0 Å². The molecule has 0 spiro atoms. The van der Waals surface area contributed by atoms with Crippen molar-refractivity contribution in [3.05, 3.63) is 89.8 Å². The van der Waals surface area contributed by atoms with Crippen molar-refractivity contribution in [3.63, 3.8) is 0 Å². The average Bonchev–Trinajstić information content (AvgIpc) is 3.21. The largest absolute Gasteiger partial charge is 0.338 e. The van der Waals surface area contributed by atoms with Gasteiger partial charge in [0.2, 0.25) is 0 Å². The Hall–Kier alpha value is -3.44. The van der Waals surface area contributed by atoms with Gasteiger partial charge in [-0.2, -0.15) is 0 Å². The first-order valence-corrected chi connectivity index (χ1v) is 8.71. The molecule has 2 N–H and O–H groups in total. The summed E-state index contributed by atoms with van der Waals surface area (Å²) in [5.74, 6) is 0.348. The van der Waals surface area contributed by atoms with Crippen LogP contribution in [0.4, 0.5) is 5.69 Å². The normalized spacial score (nSPS) is 10.6. The zero-order valence-electron chi connectivity index (χ0n) is 14.2. The maximum Gasteiger partial charge on any atom is 0.274 e. The molecule has 0 aliphatic heterocycles. The molecule has 5 nitrogen and oxygen atoms in total. The van der Waals surface area contributed by atoms with E-state index in [0.29, 0.717) is 27.8 Å². The van der Waals surface area contributed by atoms with Gasteiger partial charge in [0, 0.05) is 17.4 Å². The number of nitrogens with zero attached hydrogens (tertiary/aromatic N) is 2. The Morgan fingerprint density at radius 1 is 0.963 bits per heavy atom. The fraction of sp³-hybridized carbons (Fsp3) is 0. The highest BCUT2D eigenvalue weighted by Crippen LogP contribution is 2.30. The minimum atomic E-state index is -0.284. The summed E-state index contributed by atoms with van der Waals surface area (Å²) in [7, 11) is 0. The molecule has 0 fully saturated rings. The average molecular weight is 375 g/mol. The number of hydrogen-bond donors (Lipinski definition) is 2. The third kappa shape index (κ3) is 3.73. The highest BCUT2D eigenvalue weighted by Gasteiger charge is 2.12. The number of anilines is 1. The number of aromatic amines is 1. The maximum absolute atomic E-state index is 12.3. The number of pyridine rings is 1. The van der Waals surface area contributed by atoms with Crippen molar-refractivity contribution in [2.24, 2.45) is 0 Å². The number of aromatic nitrogens is 3. The molecular formula is C21H15ClN4O. The molecule has 27 heavy (non-hydrogen) atoms. The first kappa shape index (κ1) is 17.0. The van der Waals surface area contributed by atoms with Gasteiger partial charge in [-0.3, -0.25) is 9.78 Å². The van der Waals surface area contributed by atoms with Crippen LogP contribution in [0.15, 0.2) is 79.1 Å². The number of amides is 1. The molecule has 6 heteroatoms. The number of carbonyl (C=O) groups excluding carboxylic acids is 1. The first-order chi connectivity index (χ1) is 13.2. The molecule has 4 rings (SSSR count). The summed E-state index contributed by atoms with van der Waals surface area (Å²) in [6, 6.07) is 20.4. The second-order valence-electron chi connectivity index (χ2n) is 5.88. The standard InChI is InChI=1S/C21H15ClN4O/c22-17-10-9-15(25-21(27)18-8-4-5-11-23-18)12-16(17)20-24-13-19(26-20)14-6-2-1-3-7-14/h1-13H,(H,24,26)(H,25,27). The molecule has 4 aromatic rings. The van der Waals surface area contributed by atoms with E-state index in [1.54, 1.807) is 48.8 Å². The number of H-pyrrole nitrogens is 1. The minimum absolute atomic E-state index is 0.284. The number of nitrogens with one attached hydrogen (secondary N) is 2. The van der Waals surface area contributed by atoms with Crippen molar-refractivity contribution in [3.8, 4) is 22.6 Å². The van der Waals surface area contributed by atoms with Gasteiger partial charge in [-0.05, 0) is 35.9 Å². The summed E-state index contributed by atoms with van der Waals surface area (Å²) in [5, 5.41) is 3.37. The van der Waals surface area contributed by atoms with Crippen LogP contribution in [-0.4, -0.2) is 20.9 Å². The summed E-state index contributed by atoms with van der Waals surface area (Å²) < 4.78 is 0. The molecule has 0 atom stereocenters. The van der Waals surface area contributed by atoms with Crippen LogP contribution in [0, 0.1) is 0 Å². The highest BCUT2D eigenvalue weighted by molar-refractivity contribution is 6.33. The van der Waals surface area contributed by atoms with Gasteiger partial charge in [0.15, 0.2) is 0 Å². The van der Waals surface area contributed by atoms with E-state index < -0.39 is 0 Å². The Balaban J connectivity index is 1.62. The highest BCUT2D eigenvalue weighted by atomic mass is 35.5. The van der Waals surface area contributed by atoms with Gasteiger partial charge >= 0.3 is 0 Å². The van der Waals surface area contributed by atoms with Crippen LogP contribution in [0.25, 0.3) is 22.6 Å². The monoisotopic (exact) mass is 374 g/mol. The Morgan fingerprint density at radius 3 is 2.56 bits per heavy atom. The van der Waals surface area contributed by atoms with Gasteiger partial charge in [-0.25, -0.2) is 4.98 Å². The third-order valence-electron chi connectivity index (χ3n) is 4.04. The molecule has 2 aromatic heterocycles. The Morgan fingerprint density at radius 2 is 1.78 bits per heavy atom. The molecule has 0 saturated heterocycles.